The maximum atomic E-state index is 12.1. The molecule has 3 nitrogen and oxygen atoms in total. The summed E-state index contributed by atoms with van der Waals surface area (Å²) in [6.45, 7) is 4.55. The van der Waals surface area contributed by atoms with Crippen molar-refractivity contribution in [3.63, 3.8) is 0 Å². The Morgan fingerprint density at radius 3 is 2.48 bits per heavy atom. The van der Waals surface area contributed by atoms with Gasteiger partial charge in [0.05, 0.1) is 0 Å². The highest BCUT2D eigenvalue weighted by atomic mass is 35.5. The number of aryl methyl sites for hydroxylation is 1. The van der Waals surface area contributed by atoms with E-state index in [4.69, 9.17) is 11.6 Å². The normalized spacial score (nSPS) is 11.5. The molecule has 5 heteroatoms. The number of amides is 1. The molecule has 23 heavy (non-hydrogen) atoms. The van der Waals surface area contributed by atoms with Crippen molar-refractivity contribution >= 4 is 35.6 Å². The first-order valence-electron chi connectivity index (χ1n) is 7.33. The van der Waals surface area contributed by atoms with Crippen LogP contribution in [0.4, 0.5) is 5.69 Å². The average molecular weight is 353 g/mol. The third-order valence-corrected chi connectivity index (χ3v) is 3.84. The SMILES string of the molecule is CNCC(C)C(=O)Nc1ccc(-c2cccc(Cl)c2)cc1C.Cl. The van der Waals surface area contributed by atoms with Gasteiger partial charge < -0.3 is 10.6 Å². The van der Waals surface area contributed by atoms with Crippen LogP contribution in [0.25, 0.3) is 11.1 Å². The predicted molar refractivity (Wildman–Crippen MR) is 101 cm³/mol. The summed E-state index contributed by atoms with van der Waals surface area (Å²) >= 11 is 6.04. The molecule has 2 aromatic carbocycles. The molecule has 0 aromatic heterocycles. The molecule has 0 bridgehead atoms. The van der Waals surface area contributed by atoms with E-state index in [9.17, 15) is 4.79 Å². The Bertz CT molecular complexity index is 674. The first-order chi connectivity index (χ1) is 10.5. The number of hydrogen-bond acceptors (Lipinski definition) is 2. The molecule has 1 amide bonds. The second-order valence-corrected chi connectivity index (χ2v) is 5.92. The lowest BCUT2D eigenvalue weighted by Crippen LogP contribution is -2.28. The molecule has 0 fully saturated rings. The highest BCUT2D eigenvalue weighted by molar-refractivity contribution is 6.30. The second-order valence-electron chi connectivity index (χ2n) is 5.49. The molecule has 0 heterocycles. The van der Waals surface area contributed by atoms with E-state index in [2.05, 4.69) is 16.7 Å². The minimum Gasteiger partial charge on any atom is -0.326 e. The first-order valence-corrected chi connectivity index (χ1v) is 7.71. The Kier molecular flexibility index (Phi) is 7.56. The Morgan fingerprint density at radius 2 is 1.87 bits per heavy atom. The van der Waals surface area contributed by atoms with Crippen LogP contribution in [-0.4, -0.2) is 19.5 Å². The molecule has 124 valence electrons. The van der Waals surface area contributed by atoms with E-state index in [1.165, 1.54) is 0 Å². The largest absolute Gasteiger partial charge is 0.326 e. The third kappa shape index (κ3) is 5.24. The number of carbonyl (C=O) groups is 1. The highest BCUT2D eigenvalue weighted by Crippen LogP contribution is 2.27. The van der Waals surface area contributed by atoms with Crippen molar-refractivity contribution in [2.45, 2.75) is 13.8 Å². The minimum absolute atomic E-state index is 0. The summed E-state index contributed by atoms with van der Waals surface area (Å²) in [6.07, 6.45) is 0. The van der Waals surface area contributed by atoms with Gasteiger partial charge in [-0.1, -0.05) is 36.7 Å². The Balaban J connectivity index is 0.00000264. The zero-order valence-corrected chi connectivity index (χ0v) is 15.1. The standard InChI is InChI=1S/C18H21ClN2O.ClH/c1-12-9-15(14-5-4-6-16(19)10-14)7-8-17(12)21-18(22)13(2)11-20-3;/h4-10,13,20H,11H2,1-3H3,(H,21,22);1H. The number of halogens is 2. The van der Waals surface area contributed by atoms with Gasteiger partial charge in [0.25, 0.3) is 0 Å². The molecule has 0 saturated carbocycles. The fourth-order valence-corrected chi connectivity index (χ4v) is 2.50. The second kappa shape index (κ2) is 8.92. The number of carbonyl (C=O) groups excluding carboxylic acids is 1. The van der Waals surface area contributed by atoms with Crippen LogP contribution >= 0.6 is 24.0 Å². The van der Waals surface area contributed by atoms with Crippen molar-refractivity contribution in [1.29, 1.82) is 0 Å². The quantitative estimate of drug-likeness (QED) is 0.829. The Morgan fingerprint density at radius 1 is 1.17 bits per heavy atom. The lowest BCUT2D eigenvalue weighted by molar-refractivity contribution is -0.119. The maximum Gasteiger partial charge on any atom is 0.228 e. The summed E-state index contributed by atoms with van der Waals surface area (Å²) in [7, 11) is 1.84. The Hall–Kier alpha value is -1.55. The zero-order valence-electron chi connectivity index (χ0n) is 13.5. The van der Waals surface area contributed by atoms with E-state index in [-0.39, 0.29) is 24.2 Å². The van der Waals surface area contributed by atoms with Crippen LogP contribution in [0, 0.1) is 12.8 Å². The van der Waals surface area contributed by atoms with Gasteiger partial charge >= 0.3 is 0 Å². The number of nitrogens with one attached hydrogen (secondary N) is 2. The van der Waals surface area contributed by atoms with Gasteiger partial charge in [-0.05, 0) is 54.9 Å². The highest BCUT2D eigenvalue weighted by Gasteiger charge is 2.13. The molecular weight excluding hydrogens is 331 g/mol. The number of hydrogen-bond donors (Lipinski definition) is 2. The van der Waals surface area contributed by atoms with Crippen LogP contribution in [0.3, 0.4) is 0 Å². The van der Waals surface area contributed by atoms with E-state index in [0.717, 1.165) is 22.4 Å². The van der Waals surface area contributed by atoms with E-state index < -0.39 is 0 Å². The maximum absolute atomic E-state index is 12.1. The minimum atomic E-state index is -0.0722. The third-order valence-electron chi connectivity index (χ3n) is 3.60. The van der Waals surface area contributed by atoms with Gasteiger partial charge in [-0.15, -0.1) is 12.4 Å². The van der Waals surface area contributed by atoms with E-state index in [1.807, 2.05) is 57.3 Å². The summed E-state index contributed by atoms with van der Waals surface area (Å²) in [5, 5.41) is 6.71. The summed E-state index contributed by atoms with van der Waals surface area (Å²) < 4.78 is 0. The van der Waals surface area contributed by atoms with Crippen LogP contribution in [0.1, 0.15) is 12.5 Å². The van der Waals surface area contributed by atoms with E-state index in [1.54, 1.807) is 0 Å². The molecule has 2 rings (SSSR count). The lowest BCUT2D eigenvalue weighted by Gasteiger charge is -2.14. The molecule has 0 aliphatic rings. The number of benzene rings is 2. The molecule has 0 radical (unpaired) electrons. The monoisotopic (exact) mass is 352 g/mol. The van der Waals surface area contributed by atoms with Crippen molar-refractivity contribution in [2.75, 3.05) is 18.9 Å². The van der Waals surface area contributed by atoms with Gasteiger partial charge in [-0.25, -0.2) is 0 Å². The van der Waals surface area contributed by atoms with Gasteiger partial charge in [0.1, 0.15) is 0 Å². The van der Waals surface area contributed by atoms with Crippen LogP contribution in [0.5, 0.6) is 0 Å². The molecule has 1 atom stereocenters. The smallest absolute Gasteiger partial charge is 0.228 e. The van der Waals surface area contributed by atoms with Crippen LogP contribution < -0.4 is 10.6 Å². The van der Waals surface area contributed by atoms with Crippen LogP contribution in [0.15, 0.2) is 42.5 Å². The molecule has 2 N–H and O–H groups in total. The molecule has 2 aromatic rings. The summed E-state index contributed by atoms with van der Waals surface area (Å²) in [6, 6.07) is 13.7. The lowest BCUT2D eigenvalue weighted by atomic mass is 10.0. The molecule has 0 spiro atoms. The van der Waals surface area contributed by atoms with Gasteiger partial charge in [-0.3, -0.25) is 4.79 Å². The van der Waals surface area contributed by atoms with Crippen molar-refractivity contribution in [2.24, 2.45) is 5.92 Å². The topological polar surface area (TPSA) is 41.1 Å². The van der Waals surface area contributed by atoms with Crippen molar-refractivity contribution < 1.29 is 4.79 Å². The summed E-state index contributed by atoms with van der Waals surface area (Å²) in [4.78, 5) is 12.1. The van der Waals surface area contributed by atoms with Crippen LogP contribution in [-0.2, 0) is 4.79 Å². The zero-order chi connectivity index (χ0) is 16.1. The van der Waals surface area contributed by atoms with Gasteiger partial charge in [0, 0.05) is 23.2 Å². The molecule has 0 aliphatic carbocycles. The van der Waals surface area contributed by atoms with E-state index >= 15 is 0 Å². The van der Waals surface area contributed by atoms with Gasteiger partial charge in [0.15, 0.2) is 0 Å². The average Bonchev–Trinajstić information content (AvgIpc) is 2.49. The number of rotatable bonds is 5. The molecule has 1 unspecified atom stereocenters. The fraction of sp³-hybridized carbons (Fsp3) is 0.278. The first kappa shape index (κ1) is 19.5. The number of anilines is 1. The van der Waals surface area contributed by atoms with Crippen LogP contribution in [0.2, 0.25) is 5.02 Å². The van der Waals surface area contributed by atoms with Gasteiger partial charge in [0.2, 0.25) is 5.91 Å². The summed E-state index contributed by atoms with van der Waals surface area (Å²) in [5.41, 5.74) is 4.03. The van der Waals surface area contributed by atoms with E-state index in [0.29, 0.717) is 11.6 Å². The Labute approximate surface area is 148 Å². The van der Waals surface area contributed by atoms with Crippen molar-refractivity contribution in [3.8, 4) is 11.1 Å². The molecular formula is C18H22Cl2N2O. The van der Waals surface area contributed by atoms with Gasteiger partial charge in [-0.2, -0.15) is 0 Å². The summed E-state index contributed by atoms with van der Waals surface area (Å²) in [5.74, 6) is -0.0510. The van der Waals surface area contributed by atoms with Crippen molar-refractivity contribution in [1.82, 2.24) is 5.32 Å². The molecule has 0 aliphatic heterocycles. The molecule has 0 saturated heterocycles. The predicted octanol–water partition coefficient (Wildman–Crippen LogP) is 4.53. The van der Waals surface area contributed by atoms with Crippen molar-refractivity contribution in [3.05, 3.63) is 53.1 Å². The fourth-order valence-electron chi connectivity index (χ4n) is 2.31.